The van der Waals surface area contributed by atoms with Gasteiger partial charge in [-0.05, 0) is 29.8 Å². The Morgan fingerprint density at radius 1 is 1.11 bits per heavy atom. The lowest BCUT2D eigenvalue weighted by molar-refractivity contribution is -0.892. The van der Waals surface area contributed by atoms with Crippen LogP contribution in [0.25, 0.3) is 0 Å². The maximum absolute atomic E-state index is 12.3. The number of benzene rings is 2. The number of carbonyl (C=O) groups is 1. The van der Waals surface area contributed by atoms with E-state index in [1.165, 1.54) is 4.90 Å². The number of anilines is 1. The Bertz CT molecular complexity index is 819. The predicted octanol–water partition coefficient (Wildman–Crippen LogP) is 0.142. The van der Waals surface area contributed by atoms with Crippen LogP contribution in [0.15, 0.2) is 42.5 Å². The second-order valence-corrected chi connectivity index (χ2v) is 6.87. The molecule has 2 aromatic carbocycles. The van der Waals surface area contributed by atoms with Gasteiger partial charge in [-0.15, -0.1) is 0 Å². The molecule has 0 aromatic heterocycles. The zero-order valence-corrected chi connectivity index (χ0v) is 15.1. The molecule has 27 heavy (non-hydrogen) atoms. The zero-order chi connectivity index (χ0) is 18.6. The Labute approximate surface area is 158 Å². The summed E-state index contributed by atoms with van der Waals surface area (Å²) < 4.78 is 10.7. The summed E-state index contributed by atoms with van der Waals surface area (Å²) in [5, 5.41) is 13.0. The van der Waals surface area contributed by atoms with Gasteiger partial charge in [0.1, 0.15) is 5.75 Å². The summed E-state index contributed by atoms with van der Waals surface area (Å²) in [5.74, 6) is 1.82. The number of nitrogens with zero attached hydrogens (tertiary/aromatic N) is 1. The van der Waals surface area contributed by atoms with Gasteiger partial charge in [-0.25, -0.2) is 0 Å². The molecule has 1 amide bonds. The number of fused-ring (bicyclic) bond motifs is 1. The van der Waals surface area contributed by atoms with Crippen LogP contribution < -0.4 is 24.6 Å². The third-order valence-electron chi connectivity index (χ3n) is 5.03. The van der Waals surface area contributed by atoms with Crippen LogP contribution in [-0.4, -0.2) is 50.5 Å². The normalized spacial score (nSPS) is 16.4. The lowest BCUT2D eigenvalue weighted by Crippen LogP contribution is -3.15. The minimum absolute atomic E-state index is 0.0404. The molecule has 0 bridgehead atoms. The fourth-order valence-electron chi connectivity index (χ4n) is 3.51. The van der Waals surface area contributed by atoms with E-state index in [9.17, 15) is 9.90 Å². The molecule has 3 N–H and O–H groups in total. The molecule has 142 valence electrons. The van der Waals surface area contributed by atoms with Crippen molar-refractivity contribution in [1.82, 2.24) is 5.32 Å². The maximum atomic E-state index is 12.3. The summed E-state index contributed by atoms with van der Waals surface area (Å²) in [6, 6.07) is 13.1. The lowest BCUT2D eigenvalue weighted by Gasteiger charge is -2.33. The number of hydrogen-bond acceptors (Lipinski definition) is 5. The first-order valence-corrected chi connectivity index (χ1v) is 9.21. The van der Waals surface area contributed by atoms with E-state index in [0.29, 0.717) is 18.8 Å². The molecule has 2 heterocycles. The highest BCUT2D eigenvalue weighted by Gasteiger charge is 2.23. The van der Waals surface area contributed by atoms with Crippen molar-refractivity contribution in [3.63, 3.8) is 0 Å². The van der Waals surface area contributed by atoms with Crippen LogP contribution in [-0.2, 0) is 11.3 Å². The number of amides is 1. The van der Waals surface area contributed by atoms with Gasteiger partial charge in [0.2, 0.25) is 6.79 Å². The average Bonchev–Trinajstić information content (AvgIpc) is 3.15. The number of aromatic hydroxyl groups is 1. The first-order valence-electron chi connectivity index (χ1n) is 9.21. The van der Waals surface area contributed by atoms with E-state index in [0.717, 1.165) is 48.9 Å². The third kappa shape index (κ3) is 4.09. The Morgan fingerprint density at radius 3 is 2.70 bits per heavy atom. The van der Waals surface area contributed by atoms with E-state index in [1.54, 1.807) is 6.07 Å². The van der Waals surface area contributed by atoms with Gasteiger partial charge in [-0.3, -0.25) is 4.79 Å². The number of phenolic OH excluding ortho intramolecular Hbond substituents is 1. The van der Waals surface area contributed by atoms with E-state index >= 15 is 0 Å². The SMILES string of the molecule is O=C(C[NH+]1CCN(c2ccccc2O)CC1)NCc1ccc2c(c1)OCO2. The molecule has 1 fully saturated rings. The number of para-hydroxylation sites is 2. The topological polar surface area (TPSA) is 75.5 Å². The fraction of sp³-hybridized carbons (Fsp3) is 0.350. The summed E-state index contributed by atoms with van der Waals surface area (Å²) >= 11 is 0. The number of rotatable bonds is 5. The van der Waals surface area contributed by atoms with Crippen molar-refractivity contribution in [1.29, 1.82) is 0 Å². The van der Waals surface area contributed by atoms with Crippen molar-refractivity contribution in [2.24, 2.45) is 0 Å². The Balaban J connectivity index is 1.23. The van der Waals surface area contributed by atoms with Gasteiger partial charge in [0.25, 0.3) is 5.91 Å². The monoisotopic (exact) mass is 370 g/mol. The first kappa shape index (κ1) is 17.5. The number of ether oxygens (including phenoxy) is 2. The number of carbonyl (C=O) groups excluding carboxylic acids is 1. The number of nitrogens with one attached hydrogen (secondary N) is 2. The second kappa shape index (κ2) is 7.75. The molecule has 0 saturated carbocycles. The van der Waals surface area contributed by atoms with Crippen molar-refractivity contribution < 1.29 is 24.3 Å². The average molecular weight is 370 g/mol. The molecule has 0 unspecified atom stereocenters. The number of hydrogen-bond donors (Lipinski definition) is 3. The summed E-state index contributed by atoms with van der Waals surface area (Å²) in [6.45, 7) is 4.56. The highest BCUT2D eigenvalue weighted by molar-refractivity contribution is 5.76. The van der Waals surface area contributed by atoms with Crippen molar-refractivity contribution in [2.45, 2.75) is 6.54 Å². The summed E-state index contributed by atoms with van der Waals surface area (Å²) in [6.07, 6.45) is 0. The van der Waals surface area contributed by atoms with E-state index < -0.39 is 0 Å². The maximum Gasteiger partial charge on any atom is 0.275 e. The molecule has 7 heteroatoms. The van der Waals surface area contributed by atoms with Crippen LogP contribution in [0, 0.1) is 0 Å². The van der Waals surface area contributed by atoms with Gasteiger partial charge in [-0.1, -0.05) is 18.2 Å². The molecule has 2 aromatic rings. The minimum atomic E-state index is 0.0404. The third-order valence-corrected chi connectivity index (χ3v) is 5.03. The molecule has 7 nitrogen and oxygen atoms in total. The molecule has 0 atom stereocenters. The van der Waals surface area contributed by atoms with E-state index in [1.807, 2.05) is 36.4 Å². The largest absolute Gasteiger partial charge is 0.506 e. The Hall–Kier alpha value is -2.93. The first-order chi connectivity index (χ1) is 13.2. The lowest BCUT2D eigenvalue weighted by atomic mass is 10.2. The van der Waals surface area contributed by atoms with Crippen LogP contribution in [0.3, 0.4) is 0 Å². The van der Waals surface area contributed by atoms with E-state index in [-0.39, 0.29) is 12.7 Å². The summed E-state index contributed by atoms with van der Waals surface area (Å²) in [7, 11) is 0. The van der Waals surface area contributed by atoms with Crippen molar-refractivity contribution >= 4 is 11.6 Å². The fourth-order valence-corrected chi connectivity index (χ4v) is 3.51. The minimum Gasteiger partial charge on any atom is -0.506 e. The van der Waals surface area contributed by atoms with Crippen molar-refractivity contribution in [3.05, 3.63) is 48.0 Å². The van der Waals surface area contributed by atoms with Crippen LogP contribution in [0.2, 0.25) is 0 Å². The van der Waals surface area contributed by atoms with Gasteiger partial charge in [0.05, 0.1) is 31.9 Å². The van der Waals surface area contributed by atoms with Gasteiger partial charge in [0.15, 0.2) is 18.0 Å². The van der Waals surface area contributed by atoms with E-state index in [4.69, 9.17) is 9.47 Å². The zero-order valence-electron chi connectivity index (χ0n) is 15.1. The molecule has 4 rings (SSSR count). The molecule has 0 radical (unpaired) electrons. The molecule has 0 spiro atoms. The van der Waals surface area contributed by atoms with E-state index in [2.05, 4.69) is 10.2 Å². The number of phenols is 1. The highest BCUT2D eigenvalue weighted by atomic mass is 16.7. The Kier molecular flexibility index (Phi) is 5.02. The van der Waals surface area contributed by atoms with Crippen molar-refractivity contribution in [2.75, 3.05) is 44.4 Å². The molecular formula is C20H24N3O4+. The molecule has 1 saturated heterocycles. The van der Waals surface area contributed by atoms with Crippen LogP contribution >= 0.6 is 0 Å². The van der Waals surface area contributed by atoms with Crippen LogP contribution in [0.4, 0.5) is 5.69 Å². The Morgan fingerprint density at radius 2 is 1.89 bits per heavy atom. The van der Waals surface area contributed by atoms with Crippen molar-refractivity contribution in [3.8, 4) is 17.2 Å². The van der Waals surface area contributed by atoms with Crippen LogP contribution in [0.5, 0.6) is 17.2 Å². The van der Waals surface area contributed by atoms with Crippen LogP contribution in [0.1, 0.15) is 5.56 Å². The highest BCUT2D eigenvalue weighted by Crippen LogP contribution is 2.32. The molecule has 0 aliphatic carbocycles. The number of quaternary nitrogens is 1. The second-order valence-electron chi connectivity index (χ2n) is 6.87. The van der Waals surface area contributed by atoms with Gasteiger partial charge >= 0.3 is 0 Å². The summed E-state index contributed by atoms with van der Waals surface area (Å²) in [5.41, 5.74) is 1.86. The molecular weight excluding hydrogens is 346 g/mol. The quantitative estimate of drug-likeness (QED) is 0.698. The standard InChI is InChI=1S/C20H23N3O4/c24-17-4-2-1-3-16(17)23-9-7-22(8-10-23)13-20(25)21-12-15-5-6-18-19(11-15)27-14-26-18/h1-6,11,24H,7-10,12-14H2,(H,21,25)/p+1. The molecule has 2 aliphatic rings. The van der Waals surface area contributed by atoms with Gasteiger partial charge in [0, 0.05) is 6.54 Å². The number of piperazine rings is 1. The van der Waals surface area contributed by atoms with Gasteiger partial charge < -0.3 is 29.7 Å². The summed E-state index contributed by atoms with van der Waals surface area (Å²) in [4.78, 5) is 15.7. The van der Waals surface area contributed by atoms with Gasteiger partial charge in [-0.2, -0.15) is 0 Å². The predicted molar refractivity (Wildman–Crippen MR) is 100 cm³/mol. The smallest absolute Gasteiger partial charge is 0.275 e. The molecule has 2 aliphatic heterocycles.